The summed E-state index contributed by atoms with van der Waals surface area (Å²) in [6.45, 7) is 7.73. The van der Waals surface area contributed by atoms with Gasteiger partial charge in [-0.05, 0) is 33.6 Å². The van der Waals surface area contributed by atoms with Crippen molar-refractivity contribution in [3.05, 3.63) is 11.6 Å². The van der Waals surface area contributed by atoms with Crippen LogP contribution >= 0.6 is 11.3 Å². The Hall–Kier alpha value is -1.30. The Kier molecular flexibility index (Phi) is 4.86. The molecule has 0 aliphatic carbocycles. The van der Waals surface area contributed by atoms with E-state index in [2.05, 4.69) is 4.98 Å². The molecule has 0 radical (unpaired) electrons. The minimum absolute atomic E-state index is 0.226. The number of carbonyl (C=O) groups is 1. The number of hydrogen-bond donors (Lipinski definition) is 0. The highest BCUT2D eigenvalue weighted by molar-refractivity contribution is 7.11. The number of hydrogen-bond acceptors (Lipinski definition) is 5. The minimum atomic E-state index is -0.443. The highest BCUT2D eigenvalue weighted by Crippen LogP contribution is 2.21. The normalized spacial score (nSPS) is 19.8. The first kappa shape index (κ1) is 15.1. The number of aromatic nitrogens is 1. The van der Waals surface area contributed by atoms with E-state index in [0.717, 1.165) is 19.4 Å². The SMILES string of the molecule is CC(C)(C)OC(=O)N1CCC[C@@H](COc2nccs2)C1. The lowest BCUT2D eigenvalue weighted by Crippen LogP contribution is -2.44. The molecule has 5 nitrogen and oxygen atoms in total. The van der Waals surface area contributed by atoms with E-state index >= 15 is 0 Å². The van der Waals surface area contributed by atoms with Crippen LogP contribution in [0.3, 0.4) is 0 Å². The first-order valence-corrected chi connectivity index (χ1v) is 7.82. The van der Waals surface area contributed by atoms with Gasteiger partial charge in [0.05, 0.1) is 6.61 Å². The van der Waals surface area contributed by atoms with E-state index in [9.17, 15) is 4.79 Å². The van der Waals surface area contributed by atoms with Gasteiger partial charge in [0.15, 0.2) is 0 Å². The fourth-order valence-electron chi connectivity index (χ4n) is 2.16. The highest BCUT2D eigenvalue weighted by atomic mass is 32.1. The molecule has 0 spiro atoms. The Morgan fingerprint density at radius 1 is 1.55 bits per heavy atom. The van der Waals surface area contributed by atoms with Gasteiger partial charge in [-0.2, -0.15) is 0 Å². The summed E-state index contributed by atoms with van der Waals surface area (Å²) in [4.78, 5) is 17.9. The molecule has 1 aliphatic heterocycles. The third-order valence-electron chi connectivity index (χ3n) is 3.02. The topological polar surface area (TPSA) is 51.7 Å². The van der Waals surface area contributed by atoms with Gasteiger partial charge in [0.1, 0.15) is 5.60 Å². The van der Waals surface area contributed by atoms with Crippen LogP contribution in [0.4, 0.5) is 4.79 Å². The number of rotatable bonds is 3. The molecule has 0 saturated carbocycles. The van der Waals surface area contributed by atoms with E-state index < -0.39 is 5.60 Å². The van der Waals surface area contributed by atoms with Crippen molar-refractivity contribution in [3.63, 3.8) is 0 Å². The highest BCUT2D eigenvalue weighted by Gasteiger charge is 2.27. The van der Waals surface area contributed by atoms with E-state index in [4.69, 9.17) is 9.47 Å². The van der Waals surface area contributed by atoms with Crippen LogP contribution in [0.5, 0.6) is 5.19 Å². The first-order valence-electron chi connectivity index (χ1n) is 6.94. The van der Waals surface area contributed by atoms with Crippen LogP contribution in [0.25, 0.3) is 0 Å². The standard InChI is InChI=1S/C14H22N2O3S/c1-14(2,3)19-13(17)16-7-4-5-11(9-16)10-18-12-15-6-8-20-12/h6,8,11H,4-5,7,9-10H2,1-3H3/t11-/m1/s1. The Morgan fingerprint density at radius 3 is 3.00 bits per heavy atom. The zero-order valence-corrected chi connectivity index (χ0v) is 13.1. The van der Waals surface area contributed by atoms with Crippen LogP contribution < -0.4 is 4.74 Å². The quantitative estimate of drug-likeness (QED) is 0.860. The van der Waals surface area contributed by atoms with Gasteiger partial charge in [-0.15, -0.1) is 0 Å². The summed E-state index contributed by atoms with van der Waals surface area (Å²) in [6, 6.07) is 0. The second-order valence-electron chi connectivity index (χ2n) is 6.04. The van der Waals surface area contributed by atoms with Gasteiger partial charge < -0.3 is 14.4 Å². The van der Waals surface area contributed by atoms with Gasteiger partial charge in [0.25, 0.3) is 5.19 Å². The molecule has 1 aromatic rings. The molecule has 0 N–H and O–H groups in total. The Balaban J connectivity index is 1.80. The lowest BCUT2D eigenvalue weighted by molar-refractivity contribution is 0.0139. The summed E-state index contributed by atoms with van der Waals surface area (Å²) in [7, 11) is 0. The number of carbonyl (C=O) groups excluding carboxylic acids is 1. The molecule has 1 aliphatic rings. The molecule has 2 rings (SSSR count). The summed E-state index contributed by atoms with van der Waals surface area (Å²) < 4.78 is 11.1. The third kappa shape index (κ3) is 4.67. The van der Waals surface area contributed by atoms with E-state index in [-0.39, 0.29) is 6.09 Å². The molecule has 112 valence electrons. The third-order valence-corrected chi connectivity index (χ3v) is 3.71. The molecule has 1 saturated heterocycles. The summed E-state index contributed by atoms with van der Waals surface area (Å²) in [6.07, 6.45) is 3.57. The van der Waals surface area contributed by atoms with Crippen molar-refractivity contribution in [2.24, 2.45) is 5.92 Å². The van der Waals surface area contributed by atoms with E-state index in [1.54, 1.807) is 11.1 Å². The Bertz CT molecular complexity index is 428. The van der Waals surface area contributed by atoms with Crippen molar-refractivity contribution in [2.45, 2.75) is 39.2 Å². The molecule has 0 aromatic carbocycles. The minimum Gasteiger partial charge on any atom is -0.470 e. The lowest BCUT2D eigenvalue weighted by Gasteiger charge is -2.33. The molecule has 6 heteroatoms. The zero-order chi connectivity index (χ0) is 14.6. The van der Waals surface area contributed by atoms with Crippen LogP contribution in [0.1, 0.15) is 33.6 Å². The number of ether oxygens (including phenoxy) is 2. The Labute approximate surface area is 123 Å². The second-order valence-corrected chi connectivity index (χ2v) is 6.90. The fraction of sp³-hybridized carbons (Fsp3) is 0.714. The van der Waals surface area contributed by atoms with Gasteiger partial charge in [-0.3, -0.25) is 0 Å². The van der Waals surface area contributed by atoms with Crippen LogP contribution in [-0.2, 0) is 4.74 Å². The van der Waals surface area contributed by atoms with Gasteiger partial charge in [0.2, 0.25) is 0 Å². The largest absolute Gasteiger partial charge is 0.470 e. The maximum Gasteiger partial charge on any atom is 0.410 e. The monoisotopic (exact) mass is 298 g/mol. The molecule has 1 amide bonds. The zero-order valence-electron chi connectivity index (χ0n) is 12.3. The molecular formula is C14H22N2O3S. The molecule has 1 aromatic heterocycles. The molecule has 0 unspecified atom stereocenters. The predicted octanol–water partition coefficient (Wildman–Crippen LogP) is 3.17. The number of piperidine rings is 1. The average Bonchev–Trinajstić information content (AvgIpc) is 2.88. The van der Waals surface area contributed by atoms with E-state index in [1.165, 1.54) is 11.3 Å². The van der Waals surface area contributed by atoms with Crippen LogP contribution in [0, 0.1) is 5.92 Å². The smallest absolute Gasteiger partial charge is 0.410 e. The molecule has 2 heterocycles. The number of thiazole rings is 1. The second kappa shape index (κ2) is 6.43. The molecule has 1 fully saturated rings. The van der Waals surface area contributed by atoms with Gasteiger partial charge in [0, 0.05) is 30.6 Å². The van der Waals surface area contributed by atoms with Crippen molar-refractivity contribution in [1.82, 2.24) is 9.88 Å². The first-order chi connectivity index (χ1) is 9.44. The van der Waals surface area contributed by atoms with E-state index in [1.807, 2.05) is 26.2 Å². The van der Waals surface area contributed by atoms with Crippen molar-refractivity contribution in [3.8, 4) is 5.19 Å². The predicted molar refractivity (Wildman–Crippen MR) is 78.1 cm³/mol. The number of nitrogens with zero attached hydrogens (tertiary/aromatic N) is 2. The van der Waals surface area contributed by atoms with Crippen molar-refractivity contribution in [1.29, 1.82) is 0 Å². The van der Waals surface area contributed by atoms with Gasteiger partial charge in [-0.25, -0.2) is 9.78 Å². The molecular weight excluding hydrogens is 276 g/mol. The summed E-state index contributed by atoms with van der Waals surface area (Å²) >= 11 is 1.49. The molecule has 1 atom stereocenters. The fourth-order valence-corrected chi connectivity index (χ4v) is 2.66. The van der Waals surface area contributed by atoms with Crippen LogP contribution in [0.15, 0.2) is 11.6 Å². The summed E-state index contributed by atoms with van der Waals surface area (Å²) in [5.74, 6) is 0.347. The maximum atomic E-state index is 12.0. The van der Waals surface area contributed by atoms with Crippen LogP contribution in [0.2, 0.25) is 0 Å². The molecule has 20 heavy (non-hydrogen) atoms. The van der Waals surface area contributed by atoms with Crippen LogP contribution in [-0.4, -0.2) is 41.3 Å². The number of likely N-dealkylation sites (tertiary alicyclic amines) is 1. The average molecular weight is 298 g/mol. The summed E-state index contributed by atoms with van der Waals surface area (Å²) in [5.41, 5.74) is -0.443. The lowest BCUT2D eigenvalue weighted by atomic mass is 9.99. The number of amides is 1. The van der Waals surface area contributed by atoms with Gasteiger partial charge >= 0.3 is 6.09 Å². The molecule has 0 bridgehead atoms. The van der Waals surface area contributed by atoms with Gasteiger partial charge in [-0.1, -0.05) is 11.3 Å². The van der Waals surface area contributed by atoms with Crippen molar-refractivity contribution < 1.29 is 14.3 Å². The maximum absolute atomic E-state index is 12.0. The van der Waals surface area contributed by atoms with Crippen molar-refractivity contribution in [2.75, 3.05) is 19.7 Å². The van der Waals surface area contributed by atoms with Crippen molar-refractivity contribution >= 4 is 17.4 Å². The Morgan fingerprint density at radius 2 is 2.35 bits per heavy atom. The summed E-state index contributed by atoms with van der Waals surface area (Å²) in [5, 5.41) is 2.59. The van der Waals surface area contributed by atoms with E-state index in [0.29, 0.717) is 24.3 Å².